The molecular weight excluding hydrogens is 380 g/mol. The Bertz CT molecular complexity index is 1130. The highest BCUT2D eigenvalue weighted by Gasteiger charge is 2.14. The van der Waals surface area contributed by atoms with E-state index < -0.39 is 15.9 Å². The van der Waals surface area contributed by atoms with Gasteiger partial charge in [0.2, 0.25) is 10.0 Å². The minimum Gasteiger partial charge on any atom is -0.322 e. The summed E-state index contributed by atoms with van der Waals surface area (Å²) in [7, 11) is -2.29. The molecule has 27 heavy (non-hydrogen) atoms. The van der Waals surface area contributed by atoms with E-state index in [4.69, 9.17) is 0 Å². The average Bonchev–Trinajstić information content (AvgIpc) is 3.20. The fraction of sp³-hybridized carbons (Fsp3) is 0.0500. The third-order valence-corrected chi connectivity index (χ3v) is 5.84. The molecule has 0 saturated heterocycles. The number of rotatable bonds is 4. The van der Waals surface area contributed by atoms with E-state index in [2.05, 4.69) is 21.9 Å². The molecular formula is C20H16N2O3S2. The van der Waals surface area contributed by atoms with Gasteiger partial charge in [0.15, 0.2) is 0 Å². The fourth-order valence-corrected chi connectivity index (χ4v) is 3.63. The molecule has 0 atom stereocenters. The molecule has 0 radical (unpaired) electrons. The first-order valence-corrected chi connectivity index (χ1v) is 10.3. The van der Waals surface area contributed by atoms with Gasteiger partial charge in [0.25, 0.3) is 5.91 Å². The predicted molar refractivity (Wildman–Crippen MR) is 107 cm³/mol. The standard InChI is InChI=1S/C20H16N2O3S2/c1-21-27(24,25)19-9-3-6-16(14-19)20(23)22-17-7-2-5-15(13-17)10-11-18-8-4-12-26-18/h2-9,12-14,21H,1H3,(H,22,23). The van der Waals surface area contributed by atoms with Crippen molar-refractivity contribution in [1.82, 2.24) is 4.72 Å². The lowest BCUT2D eigenvalue weighted by Gasteiger charge is -2.08. The molecule has 5 nitrogen and oxygen atoms in total. The SMILES string of the molecule is CNS(=O)(=O)c1cccc(C(=O)Nc2cccc(C#Cc3cccs3)c2)c1. The molecule has 0 fully saturated rings. The van der Waals surface area contributed by atoms with Crippen molar-refractivity contribution in [3.63, 3.8) is 0 Å². The molecule has 0 bridgehead atoms. The van der Waals surface area contributed by atoms with Crippen molar-refractivity contribution >= 4 is 33.0 Å². The molecule has 1 amide bonds. The van der Waals surface area contributed by atoms with Gasteiger partial charge in [0.05, 0.1) is 9.77 Å². The van der Waals surface area contributed by atoms with E-state index in [1.807, 2.05) is 23.6 Å². The maximum absolute atomic E-state index is 12.5. The number of carbonyl (C=O) groups is 1. The number of sulfonamides is 1. The van der Waals surface area contributed by atoms with Crippen molar-refractivity contribution in [2.45, 2.75) is 4.90 Å². The Kier molecular flexibility index (Phi) is 5.72. The lowest BCUT2D eigenvalue weighted by Crippen LogP contribution is -2.19. The monoisotopic (exact) mass is 396 g/mol. The van der Waals surface area contributed by atoms with Gasteiger partial charge in [-0.15, -0.1) is 11.3 Å². The number of hydrogen-bond donors (Lipinski definition) is 2. The molecule has 2 aromatic carbocycles. The predicted octanol–water partition coefficient (Wildman–Crippen LogP) is 3.31. The Morgan fingerprint density at radius 1 is 1.00 bits per heavy atom. The van der Waals surface area contributed by atoms with Crippen LogP contribution in [-0.4, -0.2) is 21.4 Å². The summed E-state index contributed by atoms with van der Waals surface area (Å²) in [6.07, 6.45) is 0. The van der Waals surface area contributed by atoms with Crippen LogP contribution in [0.15, 0.2) is 70.9 Å². The van der Waals surface area contributed by atoms with Crippen LogP contribution in [0.4, 0.5) is 5.69 Å². The molecule has 1 heterocycles. The van der Waals surface area contributed by atoms with Crippen LogP contribution < -0.4 is 10.0 Å². The third-order valence-electron chi connectivity index (χ3n) is 3.65. The molecule has 0 spiro atoms. The van der Waals surface area contributed by atoms with Gasteiger partial charge in [0, 0.05) is 16.8 Å². The topological polar surface area (TPSA) is 75.3 Å². The van der Waals surface area contributed by atoms with Gasteiger partial charge < -0.3 is 5.32 Å². The first-order valence-electron chi connectivity index (χ1n) is 7.98. The summed E-state index contributed by atoms with van der Waals surface area (Å²) >= 11 is 1.56. The highest BCUT2D eigenvalue weighted by Crippen LogP contribution is 2.15. The summed E-state index contributed by atoms with van der Waals surface area (Å²) < 4.78 is 26.0. The van der Waals surface area contributed by atoms with Crippen LogP contribution in [0.3, 0.4) is 0 Å². The Balaban J connectivity index is 1.79. The molecule has 0 aliphatic heterocycles. The van der Waals surface area contributed by atoms with Gasteiger partial charge in [0.1, 0.15) is 0 Å². The number of hydrogen-bond acceptors (Lipinski definition) is 4. The van der Waals surface area contributed by atoms with Crippen LogP contribution in [0.2, 0.25) is 0 Å². The van der Waals surface area contributed by atoms with Gasteiger partial charge in [-0.2, -0.15) is 0 Å². The van der Waals surface area contributed by atoms with Crippen LogP contribution in [0.1, 0.15) is 20.8 Å². The number of carbonyl (C=O) groups excluding carboxylic acids is 1. The lowest BCUT2D eigenvalue weighted by atomic mass is 10.1. The van der Waals surface area contributed by atoms with Crippen molar-refractivity contribution in [1.29, 1.82) is 0 Å². The molecule has 3 aromatic rings. The third kappa shape index (κ3) is 4.83. The molecule has 0 aliphatic carbocycles. The largest absolute Gasteiger partial charge is 0.322 e. The van der Waals surface area contributed by atoms with E-state index in [0.717, 1.165) is 10.4 Å². The molecule has 0 unspecified atom stereocenters. The van der Waals surface area contributed by atoms with Gasteiger partial charge in [-0.3, -0.25) is 4.79 Å². The number of amides is 1. The number of benzene rings is 2. The Labute approximate surface area is 162 Å². The zero-order valence-corrected chi connectivity index (χ0v) is 16.0. The first-order chi connectivity index (χ1) is 13.0. The van der Waals surface area contributed by atoms with Gasteiger partial charge in [-0.25, -0.2) is 13.1 Å². The van der Waals surface area contributed by atoms with Crippen molar-refractivity contribution in [3.8, 4) is 11.8 Å². The molecule has 136 valence electrons. The minimum atomic E-state index is -3.61. The Morgan fingerprint density at radius 2 is 1.81 bits per heavy atom. The normalized spacial score (nSPS) is 10.7. The zero-order chi connectivity index (χ0) is 19.3. The van der Waals surface area contributed by atoms with Crippen molar-refractivity contribution in [2.75, 3.05) is 12.4 Å². The first kappa shape index (κ1) is 18.9. The van der Waals surface area contributed by atoms with Crippen LogP contribution in [0.25, 0.3) is 0 Å². The van der Waals surface area contributed by atoms with Crippen molar-refractivity contribution < 1.29 is 13.2 Å². The second-order valence-electron chi connectivity index (χ2n) is 5.50. The van der Waals surface area contributed by atoms with Crippen LogP contribution >= 0.6 is 11.3 Å². The second kappa shape index (κ2) is 8.18. The van der Waals surface area contributed by atoms with Crippen molar-refractivity contribution in [2.24, 2.45) is 0 Å². The second-order valence-corrected chi connectivity index (χ2v) is 8.33. The van der Waals surface area contributed by atoms with E-state index >= 15 is 0 Å². The fourth-order valence-electron chi connectivity index (χ4n) is 2.28. The van der Waals surface area contributed by atoms with Gasteiger partial charge >= 0.3 is 0 Å². The van der Waals surface area contributed by atoms with Crippen LogP contribution in [0, 0.1) is 11.8 Å². The van der Waals surface area contributed by atoms with Gasteiger partial charge in [-0.1, -0.05) is 30.0 Å². The quantitative estimate of drug-likeness (QED) is 0.665. The number of thiophene rings is 1. The Hall–Kier alpha value is -2.92. The van der Waals surface area contributed by atoms with E-state index in [-0.39, 0.29) is 10.5 Å². The number of nitrogens with one attached hydrogen (secondary N) is 2. The molecule has 3 rings (SSSR count). The Morgan fingerprint density at radius 3 is 2.56 bits per heavy atom. The minimum absolute atomic E-state index is 0.0354. The molecule has 0 saturated carbocycles. The summed E-state index contributed by atoms with van der Waals surface area (Å²) in [6, 6.07) is 16.9. The summed E-state index contributed by atoms with van der Waals surface area (Å²) in [5.41, 5.74) is 1.61. The molecule has 1 aromatic heterocycles. The van der Waals surface area contributed by atoms with E-state index in [9.17, 15) is 13.2 Å². The van der Waals surface area contributed by atoms with E-state index in [1.54, 1.807) is 35.6 Å². The van der Waals surface area contributed by atoms with E-state index in [0.29, 0.717) is 5.69 Å². The summed E-state index contributed by atoms with van der Waals surface area (Å²) in [5.74, 6) is 5.73. The number of anilines is 1. The zero-order valence-electron chi connectivity index (χ0n) is 14.4. The van der Waals surface area contributed by atoms with Crippen LogP contribution in [-0.2, 0) is 10.0 Å². The summed E-state index contributed by atoms with van der Waals surface area (Å²) in [6.45, 7) is 0. The highest BCUT2D eigenvalue weighted by molar-refractivity contribution is 7.89. The summed E-state index contributed by atoms with van der Waals surface area (Å²) in [5, 5.41) is 4.73. The highest BCUT2D eigenvalue weighted by atomic mass is 32.2. The molecule has 2 N–H and O–H groups in total. The average molecular weight is 396 g/mol. The lowest BCUT2D eigenvalue weighted by molar-refractivity contribution is 0.102. The van der Waals surface area contributed by atoms with Crippen LogP contribution in [0.5, 0.6) is 0 Å². The summed E-state index contributed by atoms with van der Waals surface area (Å²) in [4.78, 5) is 13.5. The smallest absolute Gasteiger partial charge is 0.255 e. The maximum Gasteiger partial charge on any atom is 0.255 e. The van der Waals surface area contributed by atoms with E-state index in [1.165, 1.54) is 25.2 Å². The maximum atomic E-state index is 12.5. The van der Waals surface area contributed by atoms with Crippen molar-refractivity contribution in [3.05, 3.63) is 82.0 Å². The molecule has 7 heteroatoms. The molecule has 0 aliphatic rings. The van der Waals surface area contributed by atoms with Gasteiger partial charge in [-0.05, 0) is 54.9 Å².